The van der Waals surface area contributed by atoms with Crippen molar-refractivity contribution in [2.45, 2.75) is 26.9 Å². The average molecular weight is 266 g/mol. The lowest BCUT2D eigenvalue weighted by Crippen LogP contribution is -2.40. The van der Waals surface area contributed by atoms with Crippen molar-refractivity contribution >= 4 is 11.9 Å². The number of carbonyl (C=O) groups is 2. The Hall–Kier alpha value is -1.88. The predicted octanol–water partition coefficient (Wildman–Crippen LogP) is 1.38. The second-order valence-electron chi connectivity index (χ2n) is 4.51. The molecule has 0 aliphatic rings. The smallest absolute Gasteiger partial charge is 0.323 e. The Morgan fingerprint density at radius 1 is 1.21 bits per heavy atom. The van der Waals surface area contributed by atoms with E-state index in [1.54, 1.807) is 31.2 Å². The zero-order valence-corrected chi connectivity index (χ0v) is 11.0. The van der Waals surface area contributed by atoms with Crippen LogP contribution in [0.15, 0.2) is 24.3 Å². The molecular weight excluding hydrogens is 248 g/mol. The minimum atomic E-state index is -1.60. The van der Waals surface area contributed by atoms with Crippen molar-refractivity contribution in [1.82, 2.24) is 0 Å². The van der Waals surface area contributed by atoms with Crippen molar-refractivity contribution in [3.05, 3.63) is 35.4 Å². The van der Waals surface area contributed by atoms with Crippen molar-refractivity contribution < 1.29 is 24.5 Å². The maximum atomic E-state index is 11.8. The van der Waals surface area contributed by atoms with Crippen LogP contribution in [0, 0.1) is 5.41 Å². The van der Waals surface area contributed by atoms with Gasteiger partial charge in [-0.1, -0.05) is 24.3 Å². The molecule has 0 radical (unpaired) electrons. The number of carboxylic acids is 1. The second kappa shape index (κ2) is 6.33. The van der Waals surface area contributed by atoms with E-state index in [2.05, 4.69) is 0 Å². The van der Waals surface area contributed by atoms with Crippen LogP contribution in [-0.4, -0.2) is 28.8 Å². The number of aliphatic carboxylic acids is 1. The standard InChI is InChI=1S/C14H18O5/c1-3-19-13(18)14(2,12(16)17)8-10-4-6-11(9-15)7-5-10/h4-7,15H,3,8-9H2,1-2H3,(H,16,17). The molecule has 1 unspecified atom stereocenters. The normalized spacial score (nSPS) is 13.6. The van der Waals surface area contributed by atoms with Crippen molar-refractivity contribution in [3.63, 3.8) is 0 Å². The Kier molecular flexibility index (Phi) is 5.06. The highest BCUT2D eigenvalue weighted by Crippen LogP contribution is 2.25. The molecule has 1 rings (SSSR count). The minimum absolute atomic E-state index is 0.0485. The molecule has 5 nitrogen and oxygen atoms in total. The summed E-state index contributed by atoms with van der Waals surface area (Å²) in [6, 6.07) is 6.80. The highest BCUT2D eigenvalue weighted by molar-refractivity contribution is 5.99. The first-order valence-corrected chi connectivity index (χ1v) is 6.03. The van der Waals surface area contributed by atoms with Crippen molar-refractivity contribution in [1.29, 1.82) is 0 Å². The number of esters is 1. The van der Waals surface area contributed by atoms with E-state index in [1.807, 2.05) is 0 Å². The van der Waals surface area contributed by atoms with Gasteiger partial charge in [-0.05, 0) is 31.4 Å². The van der Waals surface area contributed by atoms with Crippen LogP contribution in [0.2, 0.25) is 0 Å². The third-order valence-corrected chi connectivity index (χ3v) is 2.96. The van der Waals surface area contributed by atoms with Crippen LogP contribution in [0.3, 0.4) is 0 Å². The van der Waals surface area contributed by atoms with Crippen LogP contribution in [0.5, 0.6) is 0 Å². The van der Waals surface area contributed by atoms with E-state index in [0.717, 1.165) is 5.56 Å². The van der Waals surface area contributed by atoms with Gasteiger partial charge in [0.25, 0.3) is 0 Å². The van der Waals surface area contributed by atoms with Crippen LogP contribution >= 0.6 is 0 Å². The first-order valence-electron chi connectivity index (χ1n) is 6.03. The summed E-state index contributed by atoms with van der Waals surface area (Å²) in [6.07, 6.45) is 0.0485. The van der Waals surface area contributed by atoms with Crippen molar-refractivity contribution in [3.8, 4) is 0 Å². The van der Waals surface area contributed by atoms with Gasteiger partial charge >= 0.3 is 11.9 Å². The summed E-state index contributed by atoms with van der Waals surface area (Å²) >= 11 is 0. The number of benzene rings is 1. The van der Waals surface area contributed by atoms with Crippen LogP contribution in [0.4, 0.5) is 0 Å². The number of hydrogen-bond acceptors (Lipinski definition) is 4. The van der Waals surface area contributed by atoms with E-state index in [4.69, 9.17) is 9.84 Å². The molecule has 104 valence electrons. The molecule has 19 heavy (non-hydrogen) atoms. The van der Waals surface area contributed by atoms with Crippen LogP contribution in [0.25, 0.3) is 0 Å². The lowest BCUT2D eigenvalue weighted by Gasteiger charge is -2.22. The first-order chi connectivity index (χ1) is 8.93. The van der Waals surface area contributed by atoms with E-state index < -0.39 is 17.4 Å². The number of carbonyl (C=O) groups excluding carboxylic acids is 1. The first kappa shape index (κ1) is 15.2. The zero-order chi connectivity index (χ0) is 14.5. The lowest BCUT2D eigenvalue weighted by molar-refractivity contribution is -0.167. The second-order valence-corrected chi connectivity index (χ2v) is 4.51. The highest BCUT2D eigenvalue weighted by Gasteiger charge is 2.42. The number of carboxylic acid groups (broad SMARTS) is 1. The molecule has 0 aliphatic carbocycles. The summed E-state index contributed by atoms with van der Waals surface area (Å²) in [6.45, 7) is 3.06. The summed E-state index contributed by atoms with van der Waals surface area (Å²) in [7, 11) is 0. The van der Waals surface area contributed by atoms with E-state index in [-0.39, 0.29) is 19.6 Å². The number of rotatable bonds is 6. The van der Waals surface area contributed by atoms with Gasteiger partial charge in [-0.15, -0.1) is 0 Å². The third-order valence-electron chi connectivity index (χ3n) is 2.96. The van der Waals surface area contributed by atoms with Gasteiger partial charge in [0.2, 0.25) is 0 Å². The summed E-state index contributed by atoms with van der Waals surface area (Å²) in [5, 5.41) is 18.2. The van der Waals surface area contributed by atoms with Gasteiger partial charge in [0, 0.05) is 0 Å². The molecule has 0 spiro atoms. The Morgan fingerprint density at radius 2 is 1.74 bits per heavy atom. The third kappa shape index (κ3) is 3.54. The molecule has 0 aromatic heterocycles. The van der Waals surface area contributed by atoms with E-state index in [0.29, 0.717) is 5.56 Å². The maximum Gasteiger partial charge on any atom is 0.323 e. The fraction of sp³-hybridized carbons (Fsp3) is 0.429. The largest absolute Gasteiger partial charge is 0.480 e. The zero-order valence-electron chi connectivity index (χ0n) is 11.0. The molecule has 0 aliphatic heterocycles. The van der Waals surface area contributed by atoms with Crippen LogP contribution in [0.1, 0.15) is 25.0 Å². The van der Waals surface area contributed by atoms with E-state index in [1.165, 1.54) is 6.92 Å². The average Bonchev–Trinajstić information content (AvgIpc) is 2.39. The van der Waals surface area contributed by atoms with Crippen molar-refractivity contribution in [2.24, 2.45) is 5.41 Å². The summed E-state index contributed by atoms with van der Waals surface area (Å²) in [4.78, 5) is 23.1. The van der Waals surface area contributed by atoms with E-state index >= 15 is 0 Å². The van der Waals surface area contributed by atoms with E-state index in [9.17, 15) is 14.7 Å². The summed E-state index contributed by atoms with van der Waals surface area (Å²) in [5.41, 5.74) is -0.163. The van der Waals surface area contributed by atoms with Gasteiger partial charge in [-0.3, -0.25) is 9.59 Å². The van der Waals surface area contributed by atoms with Gasteiger partial charge in [0.1, 0.15) is 0 Å². The maximum absolute atomic E-state index is 11.8. The molecule has 0 saturated carbocycles. The number of hydrogen-bond donors (Lipinski definition) is 2. The molecular formula is C14H18O5. The number of ether oxygens (including phenoxy) is 1. The monoisotopic (exact) mass is 266 g/mol. The van der Waals surface area contributed by atoms with Gasteiger partial charge in [-0.2, -0.15) is 0 Å². The molecule has 1 aromatic rings. The molecule has 0 bridgehead atoms. The van der Waals surface area contributed by atoms with Crippen LogP contribution < -0.4 is 0 Å². The molecule has 5 heteroatoms. The minimum Gasteiger partial charge on any atom is -0.480 e. The molecule has 0 amide bonds. The van der Waals surface area contributed by atoms with Crippen LogP contribution in [-0.2, 0) is 27.4 Å². The van der Waals surface area contributed by atoms with Gasteiger partial charge in [-0.25, -0.2) is 0 Å². The highest BCUT2D eigenvalue weighted by atomic mass is 16.5. The Bertz CT molecular complexity index is 451. The SMILES string of the molecule is CCOC(=O)C(C)(Cc1ccc(CO)cc1)C(=O)O. The fourth-order valence-corrected chi connectivity index (χ4v) is 1.70. The number of aliphatic hydroxyl groups excluding tert-OH is 1. The number of aliphatic hydroxyl groups is 1. The quantitative estimate of drug-likeness (QED) is 0.600. The molecule has 1 atom stereocenters. The molecule has 0 saturated heterocycles. The Morgan fingerprint density at radius 3 is 2.16 bits per heavy atom. The predicted molar refractivity (Wildman–Crippen MR) is 68.4 cm³/mol. The van der Waals surface area contributed by atoms with Crippen molar-refractivity contribution in [2.75, 3.05) is 6.61 Å². The topological polar surface area (TPSA) is 83.8 Å². The molecule has 1 aromatic carbocycles. The Balaban J connectivity index is 2.94. The molecule has 0 heterocycles. The van der Waals surface area contributed by atoms with Gasteiger partial charge in [0.15, 0.2) is 5.41 Å². The molecule has 0 fully saturated rings. The summed E-state index contributed by atoms with van der Waals surface area (Å²) < 4.78 is 4.83. The molecule has 2 N–H and O–H groups in total. The van der Waals surface area contributed by atoms with Gasteiger partial charge in [0.05, 0.1) is 13.2 Å². The lowest BCUT2D eigenvalue weighted by atomic mass is 9.83. The van der Waals surface area contributed by atoms with Gasteiger partial charge < -0.3 is 14.9 Å². The summed E-state index contributed by atoms with van der Waals surface area (Å²) in [5.74, 6) is -1.95. The fourth-order valence-electron chi connectivity index (χ4n) is 1.70. The Labute approximate surface area is 111 Å².